The standard InChI is InChI=1S/C17H18N4O2S/c22-16(10-13-12-23-17(19-13)15-5-2-9-24-15)21-8-1-4-14(21)11-20-7-3-6-18-20/h2-3,5-7,9,12,14H,1,4,8,10-11H2/t14-/m0/s1. The lowest BCUT2D eigenvalue weighted by atomic mass is 10.2. The van der Waals surface area contributed by atoms with E-state index < -0.39 is 0 Å². The molecule has 0 aromatic carbocycles. The Labute approximate surface area is 143 Å². The summed E-state index contributed by atoms with van der Waals surface area (Å²) < 4.78 is 7.39. The average molecular weight is 342 g/mol. The molecule has 0 unspecified atom stereocenters. The van der Waals surface area contributed by atoms with Crippen molar-refractivity contribution in [2.75, 3.05) is 6.54 Å². The highest BCUT2D eigenvalue weighted by Crippen LogP contribution is 2.25. The smallest absolute Gasteiger partial charge is 0.236 e. The van der Waals surface area contributed by atoms with Crippen molar-refractivity contribution in [2.24, 2.45) is 0 Å². The maximum Gasteiger partial charge on any atom is 0.236 e. The fraction of sp³-hybridized carbons (Fsp3) is 0.353. The predicted molar refractivity (Wildman–Crippen MR) is 90.5 cm³/mol. The summed E-state index contributed by atoms with van der Waals surface area (Å²) in [6.45, 7) is 1.55. The van der Waals surface area contributed by atoms with Crippen molar-refractivity contribution in [3.05, 3.63) is 47.9 Å². The highest BCUT2D eigenvalue weighted by atomic mass is 32.1. The summed E-state index contributed by atoms with van der Waals surface area (Å²) in [7, 11) is 0. The van der Waals surface area contributed by atoms with Crippen molar-refractivity contribution >= 4 is 17.2 Å². The third-order valence-electron chi connectivity index (χ3n) is 4.27. The second-order valence-corrected chi connectivity index (χ2v) is 6.86. The minimum absolute atomic E-state index is 0.107. The fourth-order valence-corrected chi connectivity index (χ4v) is 3.79. The number of amides is 1. The van der Waals surface area contributed by atoms with Gasteiger partial charge in [0.05, 0.1) is 29.6 Å². The van der Waals surface area contributed by atoms with Crippen molar-refractivity contribution in [1.29, 1.82) is 0 Å². The van der Waals surface area contributed by atoms with Crippen LogP contribution in [0.2, 0.25) is 0 Å². The van der Waals surface area contributed by atoms with Crippen LogP contribution < -0.4 is 0 Å². The van der Waals surface area contributed by atoms with Gasteiger partial charge >= 0.3 is 0 Å². The zero-order chi connectivity index (χ0) is 16.4. The molecular weight excluding hydrogens is 324 g/mol. The van der Waals surface area contributed by atoms with Gasteiger partial charge in [-0.3, -0.25) is 9.48 Å². The summed E-state index contributed by atoms with van der Waals surface area (Å²) in [6.07, 6.45) is 7.63. The molecule has 4 rings (SSSR count). The first-order valence-electron chi connectivity index (χ1n) is 8.05. The van der Waals surface area contributed by atoms with Crippen LogP contribution in [0.1, 0.15) is 18.5 Å². The monoisotopic (exact) mass is 342 g/mol. The Morgan fingerprint density at radius 2 is 2.38 bits per heavy atom. The molecule has 7 heteroatoms. The number of carbonyl (C=O) groups excluding carboxylic acids is 1. The zero-order valence-corrected chi connectivity index (χ0v) is 14.0. The van der Waals surface area contributed by atoms with Crippen LogP contribution in [0.3, 0.4) is 0 Å². The second kappa shape index (κ2) is 6.60. The highest BCUT2D eigenvalue weighted by molar-refractivity contribution is 7.13. The number of likely N-dealkylation sites (tertiary alicyclic amines) is 1. The lowest BCUT2D eigenvalue weighted by Gasteiger charge is -2.24. The summed E-state index contributed by atoms with van der Waals surface area (Å²) in [6, 6.07) is 6.03. The third-order valence-corrected chi connectivity index (χ3v) is 5.13. The van der Waals surface area contributed by atoms with Crippen molar-refractivity contribution in [3.63, 3.8) is 0 Å². The van der Waals surface area contributed by atoms with Crippen molar-refractivity contribution < 1.29 is 9.21 Å². The van der Waals surface area contributed by atoms with E-state index in [-0.39, 0.29) is 18.4 Å². The third kappa shape index (κ3) is 3.12. The van der Waals surface area contributed by atoms with Crippen LogP contribution in [-0.4, -0.2) is 38.2 Å². The molecule has 0 radical (unpaired) electrons. The minimum Gasteiger partial charge on any atom is -0.444 e. The molecule has 1 saturated heterocycles. The Balaban J connectivity index is 1.42. The number of rotatable bonds is 5. The van der Waals surface area contributed by atoms with E-state index in [1.807, 2.05) is 39.4 Å². The number of thiophene rings is 1. The zero-order valence-electron chi connectivity index (χ0n) is 13.2. The summed E-state index contributed by atoms with van der Waals surface area (Å²) in [5.41, 5.74) is 0.688. The number of oxazole rings is 1. The molecule has 0 bridgehead atoms. The Morgan fingerprint density at radius 3 is 3.17 bits per heavy atom. The SMILES string of the molecule is O=C(Cc1coc(-c2cccs2)n1)N1CCC[C@H]1Cn1cccn1. The number of nitrogens with zero attached hydrogens (tertiary/aromatic N) is 4. The Hall–Kier alpha value is -2.41. The first kappa shape index (κ1) is 15.1. The highest BCUT2D eigenvalue weighted by Gasteiger charge is 2.29. The Morgan fingerprint density at radius 1 is 1.42 bits per heavy atom. The van der Waals surface area contributed by atoms with E-state index in [0.29, 0.717) is 11.6 Å². The van der Waals surface area contributed by atoms with Crippen LogP contribution in [0.5, 0.6) is 0 Å². The van der Waals surface area contributed by atoms with Crippen molar-refractivity contribution in [3.8, 4) is 10.8 Å². The molecule has 0 aliphatic carbocycles. The summed E-state index contributed by atoms with van der Waals surface area (Å²) in [5, 5.41) is 6.22. The predicted octanol–water partition coefficient (Wildman–Crippen LogP) is 2.83. The molecule has 3 aromatic heterocycles. The van der Waals surface area contributed by atoms with Gasteiger partial charge in [-0.2, -0.15) is 5.10 Å². The fourth-order valence-electron chi connectivity index (χ4n) is 3.14. The molecule has 4 heterocycles. The van der Waals surface area contributed by atoms with Crippen LogP contribution in [0, 0.1) is 0 Å². The molecular formula is C17H18N4O2S. The summed E-state index contributed by atoms with van der Waals surface area (Å²) >= 11 is 1.57. The largest absolute Gasteiger partial charge is 0.444 e. The molecule has 0 saturated carbocycles. The van der Waals surface area contributed by atoms with E-state index in [1.54, 1.807) is 23.8 Å². The van der Waals surface area contributed by atoms with Gasteiger partial charge < -0.3 is 9.32 Å². The van der Waals surface area contributed by atoms with Crippen molar-refractivity contribution in [2.45, 2.75) is 31.8 Å². The Bertz CT molecular complexity index is 795. The van der Waals surface area contributed by atoms with Gasteiger partial charge in [0.25, 0.3) is 0 Å². The van der Waals surface area contributed by atoms with E-state index in [2.05, 4.69) is 10.1 Å². The van der Waals surface area contributed by atoms with E-state index in [1.165, 1.54) is 0 Å². The maximum absolute atomic E-state index is 12.7. The molecule has 3 aromatic rings. The minimum atomic E-state index is 0.107. The van der Waals surface area contributed by atoms with Crippen LogP contribution >= 0.6 is 11.3 Å². The van der Waals surface area contributed by atoms with E-state index in [9.17, 15) is 4.79 Å². The van der Waals surface area contributed by atoms with Crippen LogP contribution in [0.25, 0.3) is 10.8 Å². The molecule has 1 aliphatic heterocycles. The van der Waals surface area contributed by atoms with Gasteiger partial charge in [0.2, 0.25) is 11.8 Å². The summed E-state index contributed by atoms with van der Waals surface area (Å²) in [5.74, 6) is 0.693. The van der Waals surface area contributed by atoms with Crippen molar-refractivity contribution in [1.82, 2.24) is 19.7 Å². The van der Waals surface area contributed by atoms with Gasteiger partial charge in [-0.1, -0.05) is 6.07 Å². The van der Waals surface area contributed by atoms with Crippen LogP contribution in [0.4, 0.5) is 0 Å². The van der Waals surface area contributed by atoms with Gasteiger partial charge in [-0.05, 0) is 30.4 Å². The van der Waals surface area contributed by atoms with E-state index in [4.69, 9.17) is 4.42 Å². The molecule has 1 aliphatic rings. The Kier molecular flexibility index (Phi) is 4.17. The number of aromatic nitrogens is 3. The van der Waals surface area contributed by atoms with Gasteiger partial charge in [-0.15, -0.1) is 11.3 Å². The normalized spacial score (nSPS) is 17.5. The number of hydrogen-bond donors (Lipinski definition) is 0. The quantitative estimate of drug-likeness (QED) is 0.715. The number of hydrogen-bond acceptors (Lipinski definition) is 5. The average Bonchev–Trinajstić information content (AvgIpc) is 3.36. The molecule has 1 fully saturated rings. The van der Waals surface area contributed by atoms with Gasteiger partial charge in [0.1, 0.15) is 6.26 Å². The number of carbonyl (C=O) groups is 1. The molecule has 0 spiro atoms. The molecule has 24 heavy (non-hydrogen) atoms. The molecule has 1 atom stereocenters. The van der Waals surface area contributed by atoms with E-state index in [0.717, 1.165) is 30.8 Å². The molecule has 124 valence electrons. The maximum atomic E-state index is 12.7. The van der Waals surface area contributed by atoms with Gasteiger partial charge in [0.15, 0.2) is 0 Å². The molecule has 0 N–H and O–H groups in total. The van der Waals surface area contributed by atoms with E-state index >= 15 is 0 Å². The lowest BCUT2D eigenvalue weighted by molar-refractivity contribution is -0.131. The van der Waals surface area contributed by atoms with Gasteiger partial charge in [0, 0.05) is 18.9 Å². The molecule has 6 nitrogen and oxygen atoms in total. The molecule has 1 amide bonds. The summed E-state index contributed by atoms with van der Waals surface area (Å²) in [4.78, 5) is 20.0. The lowest BCUT2D eigenvalue weighted by Crippen LogP contribution is -2.39. The first-order chi connectivity index (χ1) is 11.8. The topological polar surface area (TPSA) is 64.2 Å². The van der Waals surface area contributed by atoms with Gasteiger partial charge in [-0.25, -0.2) is 4.98 Å². The van der Waals surface area contributed by atoms with Crippen LogP contribution in [0.15, 0.2) is 46.7 Å². The second-order valence-electron chi connectivity index (χ2n) is 5.91. The van der Waals surface area contributed by atoms with Crippen LogP contribution in [-0.2, 0) is 17.8 Å². The first-order valence-corrected chi connectivity index (χ1v) is 8.93.